The van der Waals surface area contributed by atoms with E-state index >= 15 is 0 Å². The Morgan fingerprint density at radius 2 is 2.35 bits per heavy atom. The highest BCUT2D eigenvalue weighted by molar-refractivity contribution is 6.30. The number of β-amino-alcohol motifs (C(OH)–C–C–N with tert-alkyl or cyclic N) is 1. The van der Waals surface area contributed by atoms with Crippen LogP contribution in [0, 0.1) is 0 Å². The standard InChI is InChI=1S/C13H16ClNO2/c14-10-1-2-13-9(5-10)6-12(17-13)8-15-4-3-11(16)7-15/h1-2,5,11-12,16H,3-4,6-8H2/t11-,12?/m0/s1. The van der Waals surface area contributed by atoms with Gasteiger partial charge in [0.1, 0.15) is 11.9 Å². The summed E-state index contributed by atoms with van der Waals surface area (Å²) < 4.78 is 5.88. The highest BCUT2D eigenvalue weighted by Gasteiger charge is 2.28. The third-order valence-corrected chi connectivity index (χ3v) is 3.71. The predicted molar refractivity (Wildman–Crippen MR) is 66.6 cm³/mol. The number of aliphatic hydroxyl groups is 1. The van der Waals surface area contributed by atoms with E-state index in [1.54, 1.807) is 0 Å². The third-order valence-electron chi connectivity index (χ3n) is 3.47. The Labute approximate surface area is 106 Å². The summed E-state index contributed by atoms with van der Waals surface area (Å²) in [5.74, 6) is 0.958. The molecule has 1 aromatic rings. The van der Waals surface area contributed by atoms with E-state index in [0.29, 0.717) is 0 Å². The van der Waals surface area contributed by atoms with Crippen LogP contribution in [-0.2, 0) is 6.42 Å². The Balaban J connectivity index is 1.62. The molecular weight excluding hydrogens is 238 g/mol. The van der Waals surface area contributed by atoms with Crippen molar-refractivity contribution in [3.63, 3.8) is 0 Å². The minimum atomic E-state index is -0.159. The third kappa shape index (κ3) is 2.41. The van der Waals surface area contributed by atoms with Crippen LogP contribution in [0.1, 0.15) is 12.0 Å². The summed E-state index contributed by atoms with van der Waals surface area (Å²) in [6.07, 6.45) is 1.84. The van der Waals surface area contributed by atoms with Crippen LogP contribution in [0.3, 0.4) is 0 Å². The number of fused-ring (bicyclic) bond motifs is 1. The van der Waals surface area contributed by atoms with Gasteiger partial charge < -0.3 is 9.84 Å². The molecule has 3 nitrogen and oxygen atoms in total. The summed E-state index contributed by atoms with van der Waals surface area (Å²) in [5, 5.41) is 10.3. The van der Waals surface area contributed by atoms with E-state index in [-0.39, 0.29) is 12.2 Å². The number of benzene rings is 1. The minimum Gasteiger partial charge on any atom is -0.488 e. The maximum absolute atomic E-state index is 9.48. The molecule has 2 aliphatic heterocycles. The van der Waals surface area contributed by atoms with Crippen LogP contribution in [0.5, 0.6) is 5.75 Å². The van der Waals surface area contributed by atoms with Crippen molar-refractivity contribution in [2.45, 2.75) is 25.0 Å². The molecule has 1 fully saturated rings. The van der Waals surface area contributed by atoms with Crippen LogP contribution in [0.15, 0.2) is 18.2 Å². The molecule has 92 valence electrons. The lowest BCUT2D eigenvalue weighted by Gasteiger charge is -2.19. The van der Waals surface area contributed by atoms with E-state index in [1.807, 2.05) is 18.2 Å². The largest absolute Gasteiger partial charge is 0.488 e. The van der Waals surface area contributed by atoms with Gasteiger partial charge in [0.05, 0.1) is 6.10 Å². The molecule has 0 spiro atoms. The topological polar surface area (TPSA) is 32.7 Å². The van der Waals surface area contributed by atoms with Crippen LogP contribution in [0.25, 0.3) is 0 Å². The zero-order valence-corrected chi connectivity index (χ0v) is 10.4. The SMILES string of the molecule is O[C@H]1CCN(CC2Cc3cc(Cl)ccc3O2)C1. The summed E-state index contributed by atoms with van der Waals surface area (Å²) in [6.45, 7) is 2.64. The lowest BCUT2D eigenvalue weighted by Crippen LogP contribution is -2.33. The Morgan fingerprint density at radius 1 is 1.47 bits per heavy atom. The molecule has 2 aliphatic rings. The van der Waals surface area contributed by atoms with Gasteiger partial charge in [0.2, 0.25) is 0 Å². The monoisotopic (exact) mass is 253 g/mol. The van der Waals surface area contributed by atoms with E-state index in [1.165, 1.54) is 5.56 Å². The van der Waals surface area contributed by atoms with Gasteiger partial charge in [0.25, 0.3) is 0 Å². The predicted octanol–water partition coefficient (Wildman–Crippen LogP) is 1.71. The van der Waals surface area contributed by atoms with E-state index in [9.17, 15) is 5.11 Å². The van der Waals surface area contributed by atoms with Crippen molar-refractivity contribution in [1.82, 2.24) is 4.90 Å². The highest BCUT2D eigenvalue weighted by atomic mass is 35.5. The molecule has 2 heterocycles. The molecule has 1 unspecified atom stereocenters. The lowest BCUT2D eigenvalue weighted by molar-refractivity contribution is 0.142. The van der Waals surface area contributed by atoms with E-state index in [2.05, 4.69) is 4.90 Å². The average Bonchev–Trinajstić information content (AvgIpc) is 2.84. The Hall–Kier alpha value is -0.770. The first-order valence-corrected chi connectivity index (χ1v) is 6.44. The fourth-order valence-electron chi connectivity index (χ4n) is 2.66. The van der Waals surface area contributed by atoms with Gasteiger partial charge in [-0.3, -0.25) is 4.90 Å². The second kappa shape index (κ2) is 4.48. The Morgan fingerprint density at radius 3 is 3.12 bits per heavy atom. The molecule has 4 heteroatoms. The fourth-order valence-corrected chi connectivity index (χ4v) is 2.85. The lowest BCUT2D eigenvalue weighted by atomic mass is 10.1. The first-order chi connectivity index (χ1) is 8.20. The van der Waals surface area contributed by atoms with Gasteiger partial charge in [-0.05, 0) is 30.2 Å². The number of ether oxygens (including phenoxy) is 1. The number of rotatable bonds is 2. The molecule has 2 atom stereocenters. The fraction of sp³-hybridized carbons (Fsp3) is 0.538. The first-order valence-electron chi connectivity index (χ1n) is 6.06. The van der Waals surface area contributed by atoms with Gasteiger partial charge in [-0.25, -0.2) is 0 Å². The van der Waals surface area contributed by atoms with Crippen molar-refractivity contribution < 1.29 is 9.84 Å². The average molecular weight is 254 g/mol. The summed E-state index contributed by atoms with van der Waals surface area (Å²) in [6, 6.07) is 5.79. The quantitative estimate of drug-likeness (QED) is 0.871. The molecule has 1 saturated heterocycles. The summed E-state index contributed by atoms with van der Waals surface area (Å²) >= 11 is 5.96. The molecule has 0 amide bonds. The van der Waals surface area contributed by atoms with E-state index < -0.39 is 0 Å². The molecular formula is C13H16ClNO2. The van der Waals surface area contributed by atoms with Crippen LogP contribution in [-0.4, -0.2) is 41.8 Å². The second-order valence-electron chi connectivity index (χ2n) is 4.90. The zero-order chi connectivity index (χ0) is 11.8. The second-order valence-corrected chi connectivity index (χ2v) is 5.33. The van der Waals surface area contributed by atoms with Crippen molar-refractivity contribution in [2.24, 2.45) is 0 Å². The molecule has 1 aromatic carbocycles. The van der Waals surface area contributed by atoms with Crippen molar-refractivity contribution in [2.75, 3.05) is 19.6 Å². The van der Waals surface area contributed by atoms with Gasteiger partial charge in [0.15, 0.2) is 0 Å². The summed E-state index contributed by atoms with van der Waals surface area (Å²) in [7, 11) is 0. The van der Waals surface area contributed by atoms with Gasteiger partial charge in [-0.15, -0.1) is 0 Å². The van der Waals surface area contributed by atoms with Crippen LogP contribution < -0.4 is 4.74 Å². The minimum absolute atomic E-state index is 0.159. The van der Waals surface area contributed by atoms with Gasteiger partial charge >= 0.3 is 0 Å². The molecule has 0 radical (unpaired) electrons. The normalized spacial score (nSPS) is 28.1. The van der Waals surface area contributed by atoms with Crippen molar-refractivity contribution >= 4 is 11.6 Å². The Bertz CT molecular complexity index is 424. The summed E-state index contributed by atoms with van der Waals surface area (Å²) in [4.78, 5) is 2.27. The molecule has 1 N–H and O–H groups in total. The number of likely N-dealkylation sites (tertiary alicyclic amines) is 1. The summed E-state index contributed by atoms with van der Waals surface area (Å²) in [5.41, 5.74) is 1.20. The number of hydrogen-bond donors (Lipinski definition) is 1. The molecule has 0 saturated carbocycles. The zero-order valence-electron chi connectivity index (χ0n) is 9.60. The number of hydrogen-bond acceptors (Lipinski definition) is 3. The van der Waals surface area contributed by atoms with Gasteiger partial charge in [0, 0.05) is 31.1 Å². The van der Waals surface area contributed by atoms with Crippen molar-refractivity contribution in [1.29, 1.82) is 0 Å². The maximum atomic E-state index is 9.48. The molecule has 0 aliphatic carbocycles. The van der Waals surface area contributed by atoms with E-state index in [4.69, 9.17) is 16.3 Å². The molecule has 3 rings (SSSR count). The van der Waals surface area contributed by atoms with E-state index in [0.717, 1.165) is 43.2 Å². The number of halogens is 1. The maximum Gasteiger partial charge on any atom is 0.123 e. The molecule has 0 bridgehead atoms. The smallest absolute Gasteiger partial charge is 0.123 e. The number of aliphatic hydroxyl groups excluding tert-OH is 1. The highest BCUT2D eigenvalue weighted by Crippen LogP contribution is 2.31. The van der Waals surface area contributed by atoms with Crippen molar-refractivity contribution in [3.05, 3.63) is 28.8 Å². The van der Waals surface area contributed by atoms with Crippen LogP contribution >= 0.6 is 11.6 Å². The van der Waals surface area contributed by atoms with Gasteiger partial charge in [-0.1, -0.05) is 11.6 Å². The first kappa shape index (κ1) is 11.3. The van der Waals surface area contributed by atoms with Crippen LogP contribution in [0.2, 0.25) is 5.02 Å². The van der Waals surface area contributed by atoms with Crippen molar-refractivity contribution in [3.8, 4) is 5.75 Å². The molecule has 17 heavy (non-hydrogen) atoms. The van der Waals surface area contributed by atoms with Gasteiger partial charge in [-0.2, -0.15) is 0 Å². The van der Waals surface area contributed by atoms with Crippen LogP contribution in [0.4, 0.5) is 0 Å². The number of nitrogens with zero attached hydrogens (tertiary/aromatic N) is 1. The molecule has 0 aromatic heterocycles. The Kier molecular flexibility index (Phi) is 2.99.